The van der Waals surface area contributed by atoms with Crippen LogP contribution in [0.25, 0.3) is 0 Å². The molecule has 0 spiro atoms. The number of β-lactam (4-membered cyclic amide) rings is 1. The summed E-state index contributed by atoms with van der Waals surface area (Å²) in [5.74, 6) is -2.23. The molecule has 2 atom stereocenters. The zero-order chi connectivity index (χ0) is 24.1. The van der Waals surface area contributed by atoms with Gasteiger partial charge in [0.2, 0.25) is 0 Å². The maximum atomic E-state index is 12.9. The van der Waals surface area contributed by atoms with Gasteiger partial charge in [0.15, 0.2) is 10.0 Å². The van der Waals surface area contributed by atoms with E-state index >= 15 is 0 Å². The third-order valence-corrected chi connectivity index (χ3v) is 8.21. The Labute approximate surface area is 196 Å². The minimum Gasteiger partial charge on any atom is -0.477 e. The average molecular weight is 521 g/mol. The van der Waals surface area contributed by atoms with Crippen LogP contribution in [0.3, 0.4) is 0 Å². The normalized spacial score (nSPS) is 20.5. The van der Waals surface area contributed by atoms with Gasteiger partial charge in [-0.1, -0.05) is 23.1 Å². The van der Waals surface area contributed by atoms with Crippen LogP contribution in [0.4, 0.5) is 13.2 Å². The first-order valence-corrected chi connectivity index (χ1v) is 12.1. The lowest BCUT2D eigenvalue weighted by molar-refractivity contribution is -0.148. The van der Waals surface area contributed by atoms with E-state index in [1.54, 1.807) is 6.92 Å². The number of aryl methyl sites for hydroxylation is 2. The molecule has 0 aromatic carbocycles. The van der Waals surface area contributed by atoms with E-state index in [9.17, 15) is 32.7 Å². The molecule has 16 heteroatoms. The molecule has 10 nitrogen and oxygen atoms in total. The molecule has 176 valence electrons. The molecule has 2 N–H and O–H groups in total. The van der Waals surface area contributed by atoms with Crippen molar-refractivity contribution < 1.29 is 32.7 Å². The van der Waals surface area contributed by atoms with E-state index in [-0.39, 0.29) is 11.4 Å². The highest BCUT2D eigenvalue weighted by molar-refractivity contribution is 8.01. The number of rotatable bonds is 6. The number of aliphatic carboxylic acids is 1. The Balaban J connectivity index is 1.48. The molecule has 0 saturated carbocycles. The molecule has 0 radical (unpaired) electrons. The van der Waals surface area contributed by atoms with E-state index in [2.05, 4.69) is 20.6 Å². The zero-order valence-corrected chi connectivity index (χ0v) is 19.4. The van der Waals surface area contributed by atoms with Crippen molar-refractivity contribution in [1.82, 2.24) is 30.2 Å². The molecule has 0 aliphatic carbocycles. The van der Waals surface area contributed by atoms with E-state index in [0.717, 1.165) is 14.6 Å². The fourth-order valence-electron chi connectivity index (χ4n) is 3.31. The number of alkyl halides is 3. The predicted molar refractivity (Wildman–Crippen MR) is 113 cm³/mol. The van der Waals surface area contributed by atoms with E-state index < -0.39 is 41.1 Å². The van der Waals surface area contributed by atoms with Gasteiger partial charge < -0.3 is 10.4 Å². The number of carbonyl (C=O) groups excluding carboxylic acids is 2. The first-order valence-electron chi connectivity index (χ1n) is 9.22. The summed E-state index contributed by atoms with van der Waals surface area (Å²) in [6, 6.07) is -0.474. The van der Waals surface area contributed by atoms with Gasteiger partial charge in [-0.3, -0.25) is 19.2 Å². The first-order chi connectivity index (χ1) is 15.5. The summed E-state index contributed by atoms with van der Waals surface area (Å²) in [4.78, 5) is 38.2. The van der Waals surface area contributed by atoms with Crippen LogP contribution in [-0.4, -0.2) is 70.7 Å². The molecule has 2 unspecified atom stereocenters. The number of nitrogens with one attached hydrogen (secondary N) is 1. The third kappa shape index (κ3) is 4.46. The summed E-state index contributed by atoms with van der Waals surface area (Å²) in [6.07, 6.45) is -4.72. The van der Waals surface area contributed by atoms with Crippen LogP contribution < -0.4 is 5.32 Å². The van der Waals surface area contributed by atoms with E-state index in [4.69, 9.17) is 0 Å². The van der Waals surface area contributed by atoms with Gasteiger partial charge in [-0.2, -0.15) is 18.3 Å². The highest BCUT2D eigenvalue weighted by Crippen LogP contribution is 2.42. The molecule has 2 aliphatic rings. The number of carboxylic acids is 1. The molecule has 2 amide bonds. The van der Waals surface area contributed by atoms with Crippen LogP contribution in [0.5, 0.6) is 0 Å². The number of amides is 2. The molecular formula is C17H15F3N6O4S3. The van der Waals surface area contributed by atoms with E-state index in [1.165, 1.54) is 41.9 Å². The lowest BCUT2D eigenvalue weighted by atomic mass is 10.0. The number of fused-ring (bicyclic) bond motifs is 1. The average Bonchev–Trinajstić information content (AvgIpc) is 3.34. The lowest BCUT2D eigenvalue weighted by Crippen LogP contribution is -2.70. The lowest BCUT2D eigenvalue weighted by Gasteiger charge is -2.49. The summed E-state index contributed by atoms with van der Waals surface area (Å²) in [7, 11) is 1.18. The summed E-state index contributed by atoms with van der Waals surface area (Å²) in [6.45, 7) is 1.80. The van der Waals surface area contributed by atoms with Crippen molar-refractivity contribution >= 4 is 52.6 Å². The molecule has 1 saturated heterocycles. The van der Waals surface area contributed by atoms with E-state index in [1.807, 2.05) is 0 Å². The second-order valence-electron chi connectivity index (χ2n) is 7.03. The Morgan fingerprint density at radius 2 is 2.09 bits per heavy atom. The molecule has 4 heterocycles. The minimum atomic E-state index is -4.72. The molecule has 4 rings (SSSR count). The van der Waals surface area contributed by atoms with Gasteiger partial charge in [0.1, 0.15) is 27.8 Å². The Morgan fingerprint density at radius 1 is 1.36 bits per heavy atom. The summed E-state index contributed by atoms with van der Waals surface area (Å²) < 4.78 is 40.0. The third-order valence-electron chi connectivity index (χ3n) is 4.82. The number of carbonyl (C=O) groups is 3. The fourth-order valence-corrected chi connectivity index (χ4v) is 6.61. The van der Waals surface area contributed by atoms with Crippen LogP contribution in [0.1, 0.15) is 21.2 Å². The molecule has 2 aromatic heterocycles. The van der Waals surface area contributed by atoms with Gasteiger partial charge in [0, 0.05) is 24.6 Å². The van der Waals surface area contributed by atoms with Crippen molar-refractivity contribution in [1.29, 1.82) is 0 Å². The smallest absolute Gasteiger partial charge is 0.435 e. The standard InChI is InChI=1S/C17H15F3N6O4S3/c1-6-22-23-16(33-6)32-5-7-4-31-14-10(13(28)26(14)11(7)15(29)30)21-12(27)8-3-9(17(18,19)20)24-25(8)2/h3,10,14H,4-5H2,1-2H3,(H,21,27)(H,29,30). The maximum absolute atomic E-state index is 12.9. The van der Waals surface area contributed by atoms with Crippen molar-refractivity contribution in [2.75, 3.05) is 11.5 Å². The number of nitrogens with zero attached hydrogens (tertiary/aromatic N) is 5. The predicted octanol–water partition coefficient (Wildman–Crippen LogP) is 1.74. The monoisotopic (exact) mass is 520 g/mol. The number of aromatic nitrogens is 4. The fraction of sp³-hybridized carbons (Fsp3) is 0.412. The molecule has 2 aromatic rings. The van der Waals surface area contributed by atoms with Crippen LogP contribution in [0.2, 0.25) is 0 Å². The second kappa shape index (κ2) is 8.64. The number of thioether (sulfide) groups is 2. The van der Waals surface area contributed by atoms with Gasteiger partial charge >= 0.3 is 12.1 Å². The van der Waals surface area contributed by atoms with Gasteiger partial charge in [-0.05, 0) is 12.5 Å². The Kier molecular flexibility index (Phi) is 6.17. The van der Waals surface area contributed by atoms with Crippen molar-refractivity contribution in [3.63, 3.8) is 0 Å². The van der Waals surface area contributed by atoms with Crippen molar-refractivity contribution in [3.05, 3.63) is 33.7 Å². The quantitative estimate of drug-likeness (QED) is 0.432. The summed E-state index contributed by atoms with van der Waals surface area (Å²) >= 11 is 3.95. The molecule has 0 bridgehead atoms. The summed E-state index contributed by atoms with van der Waals surface area (Å²) in [5.41, 5.74) is -1.22. The van der Waals surface area contributed by atoms with Crippen molar-refractivity contribution in [2.45, 2.75) is 28.9 Å². The number of carboxylic acid groups (broad SMARTS) is 1. The maximum Gasteiger partial charge on any atom is 0.435 e. The zero-order valence-electron chi connectivity index (χ0n) is 16.9. The Bertz CT molecular complexity index is 1180. The van der Waals surface area contributed by atoms with Crippen LogP contribution in [0.15, 0.2) is 21.7 Å². The minimum absolute atomic E-state index is 0.150. The number of halogens is 3. The van der Waals surface area contributed by atoms with Gasteiger partial charge in [0.25, 0.3) is 11.8 Å². The van der Waals surface area contributed by atoms with Crippen molar-refractivity contribution in [3.8, 4) is 0 Å². The first kappa shape index (κ1) is 23.6. The van der Waals surface area contributed by atoms with Gasteiger partial charge in [-0.15, -0.1) is 22.0 Å². The second-order valence-corrected chi connectivity index (χ2v) is 10.5. The molecular weight excluding hydrogens is 505 g/mol. The molecule has 1 fully saturated rings. The van der Waals surface area contributed by atoms with Crippen LogP contribution >= 0.6 is 34.9 Å². The van der Waals surface area contributed by atoms with E-state index in [0.29, 0.717) is 27.5 Å². The Hall–Kier alpha value is -2.59. The van der Waals surface area contributed by atoms with Crippen LogP contribution in [-0.2, 0) is 22.8 Å². The Morgan fingerprint density at radius 3 is 2.67 bits per heavy atom. The van der Waals surface area contributed by atoms with Crippen molar-refractivity contribution in [2.24, 2.45) is 7.05 Å². The largest absolute Gasteiger partial charge is 0.477 e. The highest BCUT2D eigenvalue weighted by atomic mass is 32.2. The highest BCUT2D eigenvalue weighted by Gasteiger charge is 2.54. The van der Waals surface area contributed by atoms with Gasteiger partial charge in [0.05, 0.1) is 0 Å². The van der Waals surface area contributed by atoms with Gasteiger partial charge in [-0.25, -0.2) is 4.79 Å². The number of hydrogen-bond donors (Lipinski definition) is 2. The summed E-state index contributed by atoms with van der Waals surface area (Å²) in [5, 5.41) is 23.4. The number of hydrogen-bond acceptors (Lipinski definition) is 9. The topological polar surface area (TPSA) is 130 Å². The molecule has 33 heavy (non-hydrogen) atoms. The molecule has 2 aliphatic heterocycles. The SMILES string of the molecule is Cc1nnc(SCC2=C(C(=O)O)N3C(=O)C(NC(=O)c4cc(C(F)(F)F)nn4C)C3SC2)s1. The van der Waals surface area contributed by atoms with Crippen LogP contribution in [0, 0.1) is 6.92 Å².